The topological polar surface area (TPSA) is 46.5 Å². The Balaban J connectivity index is 2.96. The molecule has 0 saturated heterocycles. The van der Waals surface area contributed by atoms with Gasteiger partial charge in [0.1, 0.15) is 11.3 Å². The average Bonchev–Trinajstić information content (AvgIpc) is 2.15. The third kappa shape index (κ3) is 2.64. The van der Waals surface area contributed by atoms with Gasteiger partial charge < -0.3 is 9.84 Å². The average molecular weight is 215 g/mol. The highest BCUT2D eigenvalue weighted by molar-refractivity contribution is 6.31. The molecule has 76 valence electrons. The highest BCUT2D eigenvalue weighted by Gasteiger charge is 2.11. The Hall–Kier alpha value is -1.22. The predicted molar refractivity (Wildman–Crippen MR) is 54.2 cm³/mol. The number of carboxylic acid groups (broad SMARTS) is 1. The second kappa shape index (κ2) is 4.86. The van der Waals surface area contributed by atoms with E-state index < -0.39 is 5.97 Å². The third-order valence-electron chi connectivity index (χ3n) is 1.63. The summed E-state index contributed by atoms with van der Waals surface area (Å²) < 4.78 is 5.26. The van der Waals surface area contributed by atoms with Gasteiger partial charge in [-0.15, -0.1) is 0 Å². The van der Waals surface area contributed by atoms with Crippen LogP contribution in [0.3, 0.4) is 0 Å². The van der Waals surface area contributed by atoms with Crippen LogP contribution < -0.4 is 4.74 Å². The summed E-state index contributed by atoms with van der Waals surface area (Å²) in [5, 5.41) is 9.25. The zero-order valence-electron chi connectivity index (χ0n) is 7.79. The van der Waals surface area contributed by atoms with Crippen molar-refractivity contribution in [1.82, 2.24) is 0 Å². The second-order valence-corrected chi connectivity index (χ2v) is 3.23. The molecule has 0 atom stereocenters. The van der Waals surface area contributed by atoms with Gasteiger partial charge in [0.15, 0.2) is 0 Å². The standard InChI is InChI=1S/C10H11ClO3/c1-2-5-14-9-4-3-7(11)6-8(9)10(12)13/h3-4,6H,2,5H2,1H3,(H,12,13). The number of aromatic carboxylic acids is 1. The molecule has 0 fully saturated rings. The summed E-state index contributed by atoms with van der Waals surface area (Å²) in [6.45, 7) is 2.46. The Morgan fingerprint density at radius 1 is 1.57 bits per heavy atom. The molecular formula is C10H11ClO3. The molecule has 0 aromatic heterocycles. The first-order valence-corrected chi connectivity index (χ1v) is 4.68. The van der Waals surface area contributed by atoms with Gasteiger partial charge in [-0.3, -0.25) is 0 Å². The highest BCUT2D eigenvalue weighted by Crippen LogP contribution is 2.22. The molecule has 0 unspecified atom stereocenters. The van der Waals surface area contributed by atoms with Crippen LogP contribution in [0.1, 0.15) is 23.7 Å². The molecule has 0 bridgehead atoms. The number of carbonyl (C=O) groups is 1. The van der Waals surface area contributed by atoms with Crippen LogP contribution in [0.2, 0.25) is 5.02 Å². The molecule has 14 heavy (non-hydrogen) atoms. The normalized spacial score (nSPS) is 9.86. The SMILES string of the molecule is CCCOc1ccc(Cl)cc1C(=O)O. The van der Waals surface area contributed by atoms with Crippen LogP contribution in [0.4, 0.5) is 0 Å². The van der Waals surface area contributed by atoms with Crippen molar-refractivity contribution in [1.29, 1.82) is 0 Å². The molecule has 1 aromatic rings. The Labute approximate surface area is 87.3 Å². The lowest BCUT2D eigenvalue weighted by Crippen LogP contribution is -2.03. The van der Waals surface area contributed by atoms with Gasteiger partial charge in [-0.2, -0.15) is 0 Å². The summed E-state index contributed by atoms with van der Waals surface area (Å²) in [7, 11) is 0. The maximum absolute atomic E-state index is 10.8. The van der Waals surface area contributed by atoms with Gasteiger partial charge in [-0.1, -0.05) is 18.5 Å². The molecule has 0 saturated carbocycles. The van der Waals surface area contributed by atoms with Crippen LogP contribution in [-0.4, -0.2) is 17.7 Å². The van der Waals surface area contributed by atoms with E-state index in [-0.39, 0.29) is 5.56 Å². The fourth-order valence-corrected chi connectivity index (χ4v) is 1.18. The molecule has 0 aliphatic rings. The number of carboxylic acids is 1. The van der Waals surface area contributed by atoms with Crippen molar-refractivity contribution < 1.29 is 14.6 Å². The van der Waals surface area contributed by atoms with Crippen molar-refractivity contribution >= 4 is 17.6 Å². The molecular weight excluding hydrogens is 204 g/mol. The first-order valence-electron chi connectivity index (χ1n) is 4.30. The Bertz CT molecular complexity index is 336. The lowest BCUT2D eigenvalue weighted by Gasteiger charge is -2.07. The Kier molecular flexibility index (Phi) is 3.77. The Morgan fingerprint density at radius 3 is 2.86 bits per heavy atom. The minimum atomic E-state index is -1.03. The molecule has 0 radical (unpaired) electrons. The molecule has 0 aliphatic carbocycles. The smallest absolute Gasteiger partial charge is 0.339 e. The van der Waals surface area contributed by atoms with Gasteiger partial charge in [0.05, 0.1) is 6.61 Å². The summed E-state index contributed by atoms with van der Waals surface area (Å²) in [4.78, 5) is 10.8. The van der Waals surface area contributed by atoms with Gasteiger partial charge in [-0.05, 0) is 24.6 Å². The van der Waals surface area contributed by atoms with E-state index in [0.29, 0.717) is 17.4 Å². The molecule has 3 nitrogen and oxygen atoms in total. The zero-order valence-corrected chi connectivity index (χ0v) is 8.54. The Morgan fingerprint density at radius 2 is 2.29 bits per heavy atom. The van der Waals surface area contributed by atoms with E-state index in [1.807, 2.05) is 6.92 Å². The number of benzene rings is 1. The maximum atomic E-state index is 10.8. The first kappa shape index (κ1) is 10.9. The summed E-state index contributed by atoms with van der Waals surface area (Å²) in [6.07, 6.45) is 0.835. The summed E-state index contributed by atoms with van der Waals surface area (Å²) >= 11 is 5.68. The van der Waals surface area contributed by atoms with Crippen LogP contribution in [0, 0.1) is 0 Å². The molecule has 0 spiro atoms. The minimum Gasteiger partial charge on any atom is -0.493 e. The molecule has 1 N–H and O–H groups in total. The number of hydrogen-bond acceptors (Lipinski definition) is 2. The van der Waals surface area contributed by atoms with E-state index >= 15 is 0 Å². The summed E-state index contributed by atoms with van der Waals surface area (Å²) in [6, 6.07) is 4.56. The van der Waals surface area contributed by atoms with Crippen molar-refractivity contribution in [3.63, 3.8) is 0 Å². The lowest BCUT2D eigenvalue weighted by molar-refractivity contribution is 0.0692. The second-order valence-electron chi connectivity index (χ2n) is 2.79. The third-order valence-corrected chi connectivity index (χ3v) is 1.87. The summed E-state index contributed by atoms with van der Waals surface area (Å²) in [5.41, 5.74) is 0.103. The van der Waals surface area contributed by atoms with Crippen LogP contribution in [0.5, 0.6) is 5.75 Å². The first-order chi connectivity index (χ1) is 6.65. The van der Waals surface area contributed by atoms with E-state index in [4.69, 9.17) is 21.4 Å². The van der Waals surface area contributed by atoms with E-state index in [1.165, 1.54) is 6.07 Å². The van der Waals surface area contributed by atoms with Gasteiger partial charge >= 0.3 is 5.97 Å². The molecule has 4 heteroatoms. The van der Waals surface area contributed by atoms with Crippen molar-refractivity contribution in [3.8, 4) is 5.75 Å². The van der Waals surface area contributed by atoms with E-state index in [1.54, 1.807) is 12.1 Å². The zero-order chi connectivity index (χ0) is 10.6. The quantitative estimate of drug-likeness (QED) is 0.839. The van der Waals surface area contributed by atoms with Crippen LogP contribution in [0.15, 0.2) is 18.2 Å². The molecule has 0 amide bonds. The molecule has 0 aliphatic heterocycles. The van der Waals surface area contributed by atoms with Gasteiger partial charge in [-0.25, -0.2) is 4.79 Å². The van der Waals surface area contributed by atoms with Crippen LogP contribution >= 0.6 is 11.6 Å². The van der Waals surface area contributed by atoms with E-state index in [0.717, 1.165) is 6.42 Å². The number of halogens is 1. The number of rotatable bonds is 4. The molecule has 0 heterocycles. The van der Waals surface area contributed by atoms with Crippen molar-refractivity contribution in [3.05, 3.63) is 28.8 Å². The van der Waals surface area contributed by atoms with Crippen molar-refractivity contribution in [2.75, 3.05) is 6.61 Å². The van der Waals surface area contributed by atoms with E-state index in [9.17, 15) is 4.79 Å². The minimum absolute atomic E-state index is 0.103. The largest absolute Gasteiger partial charge is 0.493 e. The maximum Gasteiger partial charge on any atom is 0.339 e. The van der Waals surface area contributed by atoms with E-state index in [2.05, 4.69) is 0 Å². The molecule has 1 aromatic carbocycles. The number of hydrogen-bond donors (Lipinski definition) is 1. The predicted octanol–water partition coefficient (Wildman–Crippen LogP) is 2.83. The van der Waals surface area contributed by atoms with Gasteiger partial charge in [0.2, 0.25) is 0 Å². The van der Waals surface area contributed by atoms with Crippen LogP contribution in [0.25, 0.3) is 0 Å². The monoisotopic (exact) mass is 214 g/mol. The highest BCUT2D eigenvalue weighted by atomic mass is 35.5. The fraction of sp³-hybridized carbons (Fsp3) is 0.300. The summed E-state index contributed by atoms with van der Waals surface area (Å²) in [5.74, 6) is -0.664. The lowest BCUT2D eigenvalue weighted by atomic mass is 10.2. The van der Waals surface area contributed by atoms with Crippen LogP contribution in [-0.2, 0) is 0 Å². The van der Waals surface area contributed by atoms with Gasteiger partial charge in [0.25, 0.3) is 0 Å². The van der Waals surface area contributed by atoms with Crippen molar-refractivity contribution in [2.45, 2.75) is 13.3 Å². The fourth-order valence-electron chi connectivity index (χ4n) is 1.01. The number of ether oxygens (including phenoxy) is 1. The molecule has 1 rings (SSSR count). The van der Waals surface area contributed by atoms with Gasteiger partial charge in [0, 0.05) is 5.02 Å². The van der Waals surface area contributed by atoms with Crippen molar-refractivity contribution in [2.24, 2.45) is 0 Å².